The van der Waals surface area contributed by atoms with Crippen molar-refractivity contribution in [2.45, 2.75) is 13.0 Å². The van der Waals surface area contributed by atoms with E-state index in [1.165, 1.54) is 6.08 Å². The molecule has 0 saturated carbocycles. The molecule has 2 aromatic heterocycles. The molecule has 0 saturated heterocycles. The average molecular weight is 405 g/mol. The third kappa shape index (κ3) is 3.52. The fourth-order valence-electron chi connectivity index (χ4n) is 2.46. The number of carbonyl (C=O) groups is 1. The van der Waals surface area contributed by atoms with E-state index in [0.717, 1.165) is 15.7 Å². The van der Waals surface area contributed by atoms with Gasteiger partial charge in [0.1, 0.15) is 5.65 Å². The zero-order valence-corrected chi connectivity index (χ0v) is 15.3. The standard InChI is InChI=1S/C18H15BrClN3O/c1-12(13-6-2-3-7-14(13)19)21-17(24)10-9-15-18(20)22-16-8-4-5-11-23(15)16/h2-12H,1H3,(H,21,24)/b10-9+/t12-/m0/s1. The summed E-state index contributed by atoms with van der Waals surface area (Å²) in [5.41, 5.74) is 2.44. The number of halogens is 2. The van der Waals surface area contributed by atoms with Gasteiger partial charge in [-0.2, -0.15) is 0 Å². The quantitative estimate of drug-likeness (QED) is 0.644. The maximum Gasteiger partial charge on any atom is 0.244 e. The zero-order valence-electron chi connectivity index (χ0n) is 12.9. The number of hydrogen-bond acceptors (Lipinski definition) is 2. The van der Waals surface area contributed by atoms with Crippen LogP contribution in [0, 0.1) is 0 Å². The number of aromatic nitrogens is 2. The van der Waals surface area contributed by atoms with Gasteiger partial charge in [0.2, 0.25) is 5.91 Å². The lowest BCUT2D eigenvalue weighted by atomic mass is 10.1. The molecule has 0 bridgehead atoms. The van der Waals surface area contributed by atoms with Crippen LogP contribution in [0.2, 0.25) is 5.15 Å². The van der Waals surface area contributed by atoms with Crippen molar-refractivity contribution >= 4 is 45.2 Å². The van der Waals surface area contributed by atoms with Crippen molar-refractivity contribution in [2.24, 2.45) is 0 Å². The number of nitrogens with one attached hydrogen (secondary N) is 1. The van der Waals surface area contributed by atoms with E-state index in [-0.39, 0.29) is 11.9 Å². The summed E-state index contributed by atoms with van der Waals surface area (Å²) < 4.78 is 2.80. The summed E-state index contributed by atoms with van der Waals surface area (Å²) in [7, 11) is 0. The molecule has 122 valence electrons. The Kier molecular flexibility index (Phi) is 5.02. The second-order valence-electron chi connectivity index (χ2n) is 5.30. The first-order valence-corrected chi connectivity index (χ1v) is 8.59. The molecule has 1 amide bonds. The minimum absolute atomic E-state index is 0.115. The number of carbonyl (C=O) groups excluding carboxylic acids is 1. The Morgan fingerprint density at radius 2 is 2.04 bits per heavy atom. The Balaban J connectivity index is 1.76. The first kappa shape index (κ1) is 16.7. The summed E-state index contributed by atoms with van der Waals surface area (Å²) in [6.45, 7) is 1.94. The van der Waals surface area contributed by atoms with Gasteiger partial charge in [0.05, 0.1) is 11.7 Å². The molecule has 0 unspecified atom stereocenters. The van der Waals surface area contributed by atoms with Crippen LogP contribution >= 0.6 is 27.5 Å². The summed E-state index contributed by atoms with van der Waals surface area (Å²) in [5, 5.41) is 3.30. The van der Waals surface area contributed by atoms with Crippen molar-refractivity contribution in [1.82, 2.24) is 14.7 Å². The van der Waals surface area contributed by atoms with Gasteiger partial charge in [0.25, 0.3) is 0 Å². The van der Waals surface area contributed by atoms with E-state index in [4.69, 9.17) is 11.6 Å². The summed E-state index contributed by atoms with van der Waals surface area (Å²) in [4.78, 5) is 16.4. The lowest BCUT2D eigenvalue weighted by molar-refractivity contribution is -0.117. The average Bonchev–Trinajstić information content (AvgIpc) is 2.88. The molecule has 1 N–H and O–H groups in total. The monoisotopic (exact) mass is 403 g/mol. The molecule has 0 radical (unpaired) electrons. The lowest BCUT2D eigenvalue weighted by Crippen LogP contribution is -2.24. The van der Waals surface area contributed by atoms with Crippen LogP contribution in [-0.2, 0) is 4.79 Å². The molecule has 0 aliphatic rings. The van der Waals surface area contributed by atoms with Crippen molar-refractivity contribution in [3.63, 3.8) is 0 Å². The molecule has 0 aliphatic carbocycles. The molecule has 0 aliphatic heterocycles. The number of amides is 1. The Bertz CT molecular complexity index is 920. The topological polar surface area (TPSA) is 46.4 Å². The first-order chi connectivity index (χ1) is 11.6. The Hall–Kier alpha value is -2.11. The SMILES string of the molecule is C[C@H](NC(=O)/C=C/c1c(Cl)nc2ccccn12)c1ccccc1Br. The molecule has 3 rings (SSSR count). The van der Waals surface area contributed by atoms with Crippen LogP contribution in [0.5, 0.6) is 0 Å². The summed E-state index contributed by atoms with van der Waals surface area (Å²) in [6, 6.07) is 13.3. The van der Waals surface area contributed by atoms with Crippen LogP contribution in [0.25, 0.3) is 11.7 Å². The molecule has 1 atom stereocenters. The van der Waals surface area contributed by atoms with E-state index in [1.54, 1.807) is 6.08 Å². The predicted octanol–water partition coefficient (Wildman–Crippen LogP) is 4.64. The Morgan fingerprint density at radius 3 is 2.83 bits per heavy atom. The van der Waals surface area contributed by atoms with Gasteiger partial charge in [0, 0.05) is 16.7 Å². The minimum Gasteiger partial charge on any atom is -0.346 e. The number of imidazole rings is 1. The second kappa shape index (κ2) is 7.20. The zero-order chi connectivity index (χ0) is 17.1. The van der Waals surface area contributed by atoms with E-state index in [9.17, 15) is 4.79 Å². The molecule has 2 heterocycles. The van der Waals surface area contributed by atoms with E-state index in [0.29, 0.717) is 10.8 Å². The summed E-state index contributed by atoms with van der Waals surface area (Å²) in [6.07, 6.45) is 5.00. The van der Waals surface area contributed by atoms with E-state index in [1.807, 2.05) is 60.0 Å². The van der Waals surface area contributed by atoms with Crippen LogP contribution in [0.4, 0.5) is 0 Å². The number of fused-ring (bicyclic) bond motifs is 1. The number of nitrogens with zero attached hydrogens (tertiary/aromatic N) is 2. The molecule has 0 spiro atoms. The van der Waals surface area contributed by atoms with Gasteiger partial charge in [-0.3, -0.25) is 9.20 Å². The smallest absolute Gasteiger partial charge is 0.244 e. The molecule has 1 aromatic carbocycles. The van der Waals surface area contributed by atoms with Crippen molar-refractivity contribution in [3.8, 4) is 0 Å². The van der Waals surface area contributed by atoms with Crippen LogP contribution < -0.4 is 5.32 Å². The van der Waals surface area contributed by atoms with Gasteiger partial charge < -0.3 is 5.32 Å². The lowest BCUT2D eigenvalue weighted by Gasteiger charge is -2.14. The molecular weight excluding hydrogens is 390 g/mol. The first-order valence-electron chi connectivity index (χ1n) is 7.42. The molecular formula is C18H15BrClN3O. The van der Waals surface area contributed by atoms with Gasteiger partial charge in [-0.25, -0.2) is 4.98 Å². The second-order valence-corrected chi connectivity index (χ2v) is 6.51. The van der Waals surface area contributed by atoms with Gasteiger partial charge in [-0.15, -0.1) is 0 Å². The fraction of sp³-hybridized carbons (Fsp3) is 0.111. The largest absolute Gasteiger partial charge is 0.346 e. The third-order valence-corrected chi connectivity index (χ3v) is 4.65. The molecule has 4 nitrogen and oxygen atoms in total. The Morgan fingerprint density at radius 1 is 1.29 bits per heavy atom. The highest BCUT2D eigenvalue weighted by Crippen LogP contribution is 2.23. The van der Waals surface area contributed by atoms with Gasteiger partial charge in [0.15, 0.2) is 5.15 Å². The van der Waals surface area contributed by atoms with Crippen LogP contribution in [0.15, 0.2) is 59.2 Å². The summed E-state index contributed by atoms with van der Waals surface area (Å²) in [5.74, 6) is -0.194. The number of hydrogen-bond donors (Lipinski definition) is 1. The van der Waals surface area contributed by atoms with Crippen LogP contribution in [0.1, 0.15) is 24.2 Å². The Labute approximate surface area is 153 Å². The number of benzene rings is 1. The van der Waals surface area contributed by atoms with Crippen molar-refractivity contribution in [1.29, 1.82) is 0 Å². The third-order valence-electron chi connectivity index (χ3n) is 3.65. The maximum absolute atomic E-state index is 12.2. The van der Waals surface area contributed by atoms with Crippen molar-refractivity contribution in [2.75, 3.05) is 0 Å². The number of rotatable bonds is 4. The molecule has 3 aromatic rings. The normalized spacial score (nSPS) is 12.6. The summed E-state index contributed by atoms with van der Waals surface area (Å²) >= 11 is 9.65. The van der Waals surface area contributed by atoms with E-state index < -0.39 is 0 Å². The molecule has 0 fully saturated rings. The van der Waals surface area contributed by atoms with Gasteiger partial charge >= 0.3 is 0 Å². The minimum atomic E-state index is -0.194. The van der Waals surface area contributed by atoms with E-state index >= 15 is 0 Å². The molecule has 6 heteroatoms. The fourth-order valence-corrected chi connectivity index (χ4v) is 3.32. The highest BCUT2D eigenvalue weighted by atomic mass is 79.9. The van der Waals surface area contributed by atoms with Crippen molar-refractivity contribution < 1.29 is 4.79 Å². The van der Waals surface area contributed by atoms with Crippen LogP contribution in [0.3, 0.4) is 0 Å². The highest BCUT2D eigenvalue weighted by Gasteiger charge is 2.11. The number of pyridine rings is 1. The molecule has 24 heavy (non-hydrogen) atoms. The van der Waals surface area contributed by atoms with Gasteiger partial charge in [-0.05, 0) is 36.8 Å². The van der Waals surface area contributed by atoms with E-state index in [2.05, 4.69) is 26.2 Å². The maximum atomic E-state index is 12.2. The highest BCUT2D eigenvalue weighted by molar-refractivity contribution is 9.10. The predicted molar refractivity (Wildman–Crippen MR) is 99.9 cm³/mol. The van der Waals surface area contributed by atoms with Crippen LogP contribution in [-0.4, -0.2) is 15.3 Å². The van der Waals surface area contributed by atoms with Crippen molar-refractivity contribution in [3.05, 3.63) is 75.6 Å². The van der Waals surface area contributed by atoms with Gasteiger partial charge in [-0.1, -0.05) is 51.8 Å².